The Morgan fingerprint density at radius 3 is 2.43 bits per heavy atom. The van der Waals surface area contributed by atoms with Crippen molar-refractivity contribution in [2.24, 2.45) is 5.73 Å². The molecule has 0 aromatic heterocycles. The number of likely N-dealkylation sites (N-methyl/N-ethyl adjacent to an activating group) is 1. The van der Waals surface area contributed by atoms with Gasteiger partial charge in [0.05, 0.1) is 6.61 Å². The van der Waals surface area contributed by atoms with E-state index in [9.17, 15) is 0 Å². The van der Waals surface area contributed by atoms with E-state index in [1.165, 1.54) is 44.1 Å². The Hall–Kier alpha value is -1.06. The van der Waals surface area contributed by atoms with Gasteiger partial charge < -0.3 is 15.4 Å². The van der Waals surface area contributed by atoms with Crippen LogP contribution in [-0.4, -0.2) is 31.1 Å². The molecule has 3 nitrogen and oxygen atoms in total. The summed E-state index contributed by atoms with van der Waals surface area (Å²) in [5.41, 5.74) is 8.00. The molecule has 1 fully saturated rings. The normalized spacial score (nSPS) is 20.0. The Labute approximate surface area is 129 Å². The summed E-state index contributed by atoms with van der Waals surface area (Å²) >= 11 is 0. The van der Waals surface area contributed by atoms with Gasteiger partial charge in [-0.25, -0.2) is 0 Å². The zero-order valence-corrected chi connectivity index (χ0v) is 13.8. The van der Waals surface area contributed by atoms with Gasteiger partial charge in [0, 0.05) is 11.6 Å². The van der Waals surface area contributed by atoms with E-state index in [-0.39, 0.29) is 11.6 Å². The molecule has 21 heavy (non-hydrogen) atoms. The van der Waals surface area contributed by atoms with Gasteiger partial charge in [-0.2, -0.15) is 0 Å². The molecule has 0 amide bonds. The van der Waals surface area contributed by atoms with Gasteiger partial charge in [-0.1, -0.05) is 37.8 Å². The van der Waals surface area contributed by atoms with Crippen LogP contribution in [-0.2, 0) is 0 Å². The largest absolute Gasteiger partial charge is 0.494 e. The molecule has 118 valence electrons. The Balaban J connectivity index is 2.29. The number of rotatable bonds is 5. The summed E-state index contributed by atoms with van der Waals surface area (Å²) in [5, 5.41) is 0. The second-order valence-electron chi connectivity index (χ2n) is 6.40. The summed E-state index contributed by atoms with van der Waals surface area (Å²) in [6.07, 6.45) is 7.58. The third kappa shape index (κ3) is 3.58. The molecule has 2 rings (SSSR count). The molecule has 0 heterocycles. The molecule has 1 aliphatic rings. The van der Waals surface area contributed by atoms with Crippen LogP contribution in [0.4, 0.5) is 0 Å². The number of benzene rings is 1. The van der Waals surface area contributed by atoms with Crippen LogP contribution in [0.15, 0.2) is 24.3 Å². The fourth-order valence-corrected chi connectivity index (χ4v) is 3.65. The quantitative estimate of drug-likeness (QED) is 0.840. The molecule has 1 unspecified atom stereocenters. The Bertz CT molecular complexity index is 437. The van der Waals surface area contributed by atoms with Gasteiger partial charge in [-0.05, 0) is 51.6 Å². The van der Waals surface area contributed by atoms with Crippen molar-refractivity contribution < 1.29 is 4.74 Å². The molecular formula is C18H30N2O. The highest BCUT2D eigenvalue weighted by atomic mass is 16.5. The van der Waals surface area contributed by atoms with Crippen LogP contribution in [0.1, 0.15) is 57.1 Å². The van der Waals surface area contributed by atoms with Crippen LogP contribution >= 0.6 is 0 Å². The first-order chi connectivity index (χ1) is 10.1. The molecule has 0 saturated heterocycles. The van der Waals surface area contributed by atoms with E-state index >= 15 is 0 Å². The van der Waals surface area contributed by atoms with Crippen molar-refractivity contribution in [3.05, 3.63) is 29.8 Å². The SMILES string of the molecule is CCOc1cccc(C(N)C2(N(C)C)CCCCCC2)c1. The van der Waals surface area contributed by atoms with Crippen LogP contribution < -0.4 is 10.5 Å². The van der Waals surface area contributed by atoms with Crippen molar-refractivity contribution in [1.29, 1.82) is 0 Å². The van der Waals surface area contributed by atoms with E-state index in [4.69, 9.17) is 10.5 Å². The van der Waals surface area contributed by atoms with E-state index in [1.54, 1.807) is 0 Å². The van der Waals surface area contributed by atoms with E-state index in [1.807, 2.05) is 13.0 Å². The number of nitrogens with zero attached hydrogens (tertiary/aromatic N) is 1. The van der Waals surface area contributed by atoms with Crippen molar-refractivity contribution in [2.75, 3.05) is 20.7 Å². The van der Waals surface area contributed by atoms with Crippen molar-refractivity contribution in [1.82, 2.24) is 4.90 Å². The lowest BCUT2D eigenvalue weighted by molar-refractivity contribution is 0.0968. The van der Waals surface area contributed by atoms with Gasteiger partial charge in [-0.15, -0.1) is 0 Å². The summed E-state index contributed by atoms with van der Waals surface area (Å²) in [6, 6.07) is 8.36. The standard InChI is InChI=1S/C18H30N2O/c1-4-21-16-11-9-10-15(14-16)17(19)18(20(2)3)12-7-5-6-8-13-18/h9-11,14,17H,4-8,12-13,19H2,1-3H3. The summed E-state index contributed by atoms with van der Waals surface area (Å²) in [4.78, 5) is 2.36. The minimum Gasteiger partial charge on any atom is -0.494 e. The highest BCUT2D eigenvalue weighted by Crippen LogP contribution is 2.40. The Morgan fingerprint density at radius 1 is 1.19 bits per heavy atom. The molecule has 1 aliphatic carbocycles. The number of hydrogen-bond acceptors (Lipinski definition) is 3. The van der Waals surface area contributed by atoms with Crippen molar-refractivity contribution in [2.45, 2.75) is 57.0 Å². The lowest BCUT2D eigenvalue weighted by atomic mass is 9.78. The topological polar surface area (TPSA) is 38.5 Å². The van der Waals surface area contributed by atoms with Crippen LogP contribution in [0.25, 0.3) is 0 Å². The summed E-state index contributed by atoms with van der Waals surface area (Å²) < 4.78 is 5.63. The monoisotopic (exact) mass is 290 g/mol. The van der Waals surface area contributed by atoms with E-state index in [0.29, 0.717) is 6.61 Å². The molecule has 1 saturated carbocycles. The molecule has 0 radical (unpaired) electrons. The molecule has 1 atom stereocenters. The Morgan fingerprint density at radius 2 is 1.86 bits per heavy atom. The molecule has 2 N–H and O–H groups in total. The summed E-state index contributed by atoms with van der Waals surface area (Å²) in [7, 11) is 4.36. The zero-order valence-electron chi connectivity index (χ0n) is 13.8. The van der Waals surface area contributed by atoms with Crippen LogP contribution in [0, 0.1) is 0 Å². The minimum absolute atomic E-state index is 0.0333. The maximum Gasteiger partial charge on any atom is 0.119 e. The summed E-state index contributed by atoms with van der Waals surface area (Å²) in [6.45, 7) is 2.71. The molecular weight excluding hydrogens is 260 g/mol. The van der Waals surface area contributed by atoms with Gasteiger partial charge in [0.1, 0.15) is 5.75 Å². The molecule has 1 aromatic rings. The van der Waals surface area contributed by atoms with Crippen LogP contribution in [0.2, 0.25) is 0 Å². The number of ether oxygens (including phenoxy) is 1. The highest BCUT2D eigenvalue weighted by Gasteiger charge is 2.39. The third-order valence-corrected chi connectivity index (χ3v) is 4.97. The Kier molecular flexibility index (Phi) is 5.65. The molecule has 0 bridgehead atoms. The van der Waals surface area contributed by atoms with Gasteiger partial charge in [-0.3, -0.25) is 0 Å². The first-order valence-corrected chi connectivity index (χ1v) is 8.26. The predicted octanol–water partition coefficient (Wildman–Crippen LogP) is 3.74. The average molecular weight is 290 g/mol. The van der Waals surface area contributed by atoms with Gasteiger partial charge in [0.2, 0.25) is 0 Å². The van der Waals surface area contributed by atoms with E-state index in [2.05, 4.69) is 37.2 Å². The van der Waals surface area contributed by atoms with Crippen molar-refractivity contribution in [3.8, 4) is 5.75 Å². The van der Waals surface area contributed by atoms with Crippen molar-refractivity contribution >= 4 is 0 Å². The molecule has 3 heteroatoms. The lowest BCUT2D eigenvalue weighted by Gasteiger charge is -2.44. The maximum absolute atomic E-state index is 6.74. The van der Waals surface area contributed by atoms with E-state index in [0.717, 1.165) is 5.75 Å². The first kappa shape index (κ1) is 16.3. The minimum atomic E-state index is 0.0333. The van der Waals surface area contributed by atoms with Gasteiger partial charge in [0.25, 0.3) is 0 Å². The second-order valence-corrected chi connectivity index (χ2v) is 6.40. The fourth-order valence-electron chi connectivity index (χ4n) is 3.65. The van der Waals surface area contributed by atoms with Crippen LogP contribution in [0.5, 0.6) is 5.75 Å². The average Bonchev–Trinajstić information content (AvgIpc) is 2.74. The summed E-state index contributed by atoms with van der Waals surface area (Å²) in [5.74, 6) is 0.924. The second kappa shape index (κ2) is 7.28. The zero-order chi connectivity index (χ0) is 15.3. The fraction of sp³-hybridized carbons (Fsp3) is 0.667. The smallest absolute Gasteiger partial charge is 0.119 e. The van der Waals surface area contributed by atoms with Crippen LogP contribution in [0.3, 0.4) is 0 Å². The van der Waals surface area contributed by atoms with E-state index < -0.39 is 0 Å². The third-order valence-electron chi connectivity index (χ3n) is 4.97. The number of hydrogen-bond donors (Lipinski definition) is 1. The van der Waals surface area contributed by atoms with Gasteiger partial charge >= 0.3 is 0 Å². The van der Waals surface area contributed by atoms with Crippen molar-refractivity contribution in [3.63, 3.8) is 0 Å². The number of nitrogens with two attached hydrogens (primary N) is 1. The molecule has 0 spiro atoms. The lowest BCUT2D eigenvalue weighted by Crippen LogP contribution is -2.52. The molecule has 1 aromatic carbocycles. The maximum atomic E-state index is 6.74. The highest BCUT2D eigenvalue weighted by molar-refractivity contribution is 5.32. The molecule has 0 aliphatic heterocycles. The first-order valence-electron chi connectivity index (χ1n) is 8.26. The predicted molar refractivity (Wildman–Crippen MR) is 88.7 cm³/mol. The van der Waals surface area contributed by atoms with Gasteiger partial charge in [0.15, 0.2) is 0 Å².